The van der Waals surface area contributed by atoms with E-state index in [-0.39, 0.29) is 4.75 Å². The first-order valence-corrected chi connectivity index (χ1v) is 5.87. The molecule has 1 rings (SSSR count). The number of aromatic nitrogens is 2. The SMILES string of the molecule is CSC(C)(C)CNc1cc(NN)ncn1. The lowest BCUT2D eigenvalue weighted by Crippen LogP contribution is -2.26. The summed E-state index contributed by atoms with van der Waals surface area (Å²) in [6, 6.07) is 1.77. The fourth-order valence-electron chi connectivity index (χ4n) is 0.909. The van der Waals surface area contributed by atoms with Gasteiger partial charge in [-0.3, -0.25) is 0 Å². The number of thioether (sulfide) groups is 1. The van der Waals surface area contributed by atoms with Crippen molar-refractivity contribution in [2.45, 2.75) is 18.6 Å². The standard InChI is InChI=1S/C9H17N5S/c1-9(2,15-3)5-11-7-4-8(14-10)13-6-12-7/h4,6H,5,10H2,1-3H3,(H2,11,12,13,14). The highest BCUT2D eigenvalue weighted by atomic mass is 32.2. The highest BCUT2D eigenvalue weighted by molar-refractivity contribution is 7.99. The van der Waals surface area contributed by atoms with Crippen molar-refractivity contribution < 1.29 is 0 Å². The first kappa shape index (κ1) is 12.1. The number of nitrogen functional groups attached to an aromatic ring is 1. The fourth-order valence-corrected chi connectivity index (χ4v) is 1.13. The molecular weight excluding hydrogens is 210 g/mol. The highest BCUT2D eigenvalue weighted by Crippen LogP contribution is 2.21. The number of anilines is 2. The molecule has 0 saturated heterocycles. The van der Waals surface area contributed by atoms with Gasteiger partial charge in [0.15, 0.2) is 0 Å². The van der Waals surface area contributed by atoms with E-state index in [2.05, 4.69) is 40.8 Å². The molecule has 0 unspecified atom stereocenters. The van der Waals surface area contributed by atoms with E-state index in [0.717, 1.165) is 12.4 Å². The summed E-state index contributed by atoms with van der Waals surface area (Å²) in [5.41, 5.74) is 2.48. The van der Waals surface area contributed by atoms with Gasteiger partial charge in [0.25, 0.3) is 0 Å². The second-order valence-corrected chi connectivity index (χ2v) is 5.26. The monoisotopic (exact) mass is 227 g/mol. The molecule has 1 aromatic heterocycles. The van der Waals surface area contributed by atoms with Gasteiger partial charge in [-0.25, -0.2) is 15.8 Å². The molecule has 0 atom stereocenters. The minimum Gasteiger partial charge on any atom is -0.369 e. The molecule has 0 aliphatic carbocycles. The Bertz CT molecular complexity index is 315. The maximum atomic E-state index is 5.25. The quantitative estimate of drug-likeness (QED) is 0.520. The van der Waals surface area contributed by atoms with Crippen LogP contribution in [0, 0.1) is 0 Å². The number of nitrogens with two attached hydrogens (primary N) is 1. The molecule has 0 radical (unpaired) electrons. The molecule has 1 heterocycles. The molecule has 0 fully saturated rings. The second-order valence-electron chi connectivity index (χ2n) is 3.75. The number of hydrogen-bond acceptors (Lipinski definition) is 6. The zero-order valence-electron chi connectivity index (χ0n) is 9.24. The zero-order chi connectivity index (χ0) is 11.3. The zero-order valence-corrected chi connectivity index (χ0v) is 10.1. The van der Waals surface area contributed by atoms with Crippen molar-refractivity contribution >= 4 is 23.4 Å². The molecule has 0 amide bonds. The number of rotatable bonds is 5. The predicted molar refractivity (Wildman–Crippen MR) is 65.9 cm³/mol. The lowest BCUT2D eigenvalue weighted by Gasteiger charge is -2.22. The Hall–Kier alpha value is -1.01. The Morgan fingerprint density at radius 2 is 2.07 bits per heavy atom. The van der Waals surface area contributed by atoms with Crippen molar-refractivity contribution in [3.8, 4) is 0 Å². The third kappa shape index (κ3) is 3.93. The Kier molecular flexibility index (Phi) is 4.16. The van der Waals surface area contributed by atoms with Gasteiger partial charge in [-0.2, -0.15) is 11.8 Å². The van der Waals surface area contributed by atoms with Gasteiger partial charge < -0.3 is 10.7 Å². The van der Waals surface area contributed by atoms with Crippen molar-refractivity contribution in [1.29, 1.82) is 0 Å². The number of nitrogens with one attached hydrogen (secondary N) is 2. The Balaban J connectivity index is 2.57. The number of hydrogen-bond donors (Lipinski definition) is 3. The molecule has 0 aromatic carbocycles. The average molecular weight is 227 g/mol. The number of hydrazine groups is 1. The summed E-state index contributed by atoms with van der Waals surface area (Å²) in [5, 5.41) is 3.24. The van der Waals surface area contributed by atoms with E-state index in [4.69, 9.17) is 5.84 Å². The minimum atomic E-state index is 0.182. The van der Waals surface area contributed by atoms with E-state index in [1.165, 1.54) is 6.33 Å². The van der Waals surface area contributed by atoms with Crippen LogP contribution in [0.1, 0.15) is 13.8 Å². The summed E-state index contributed by atoms with van der Waals surface area (Å²) >= 11 is 1.81. The highest BCUT2D eigenvalue weighted by Gasteiger charge is 2.15. The van der Waals surface area contributed by atoms with Crippen LogP contribution in [0.2, 0.25) is 0 Å². The van der Waals surface area contributed by atoms with E-state index in [1.54, 1.807) is 6.07 Å². The van der Waals surface area contributed by atoms with Gasteiger partial charge in [-0.1, -0.05) is 0 Å². The van der Waals surface area contributed by atoms with Crippen LogP contribution in [0.25, 0.3) is 0 Å². The lowest BCUT2D eigenvalue weighted by atomic mass is 10.2. The summed E-state index contributed by atoms with van der Waals surface area (Å²) in [7, 11) is 0. The van der Waals surface area contributed by atoms with E-state index in [1.807, 2.05) is 11.8 Å². The Morgan fingerprint density at radius 1 is 1.40 bits per heavy atom. The number of nitrogens with zero attached hydrogens (tertiary/aromatic N) is 2. The molecule has 6 heteroatoms. The fraction of sp³-hybridized carbons (Fsp3) is 0.556. The summed E-state index contributed by atoms with van der Waals surface area (Å²) < 4.78 is 0.182. The summed E-state index contributed by atoms with van der Waals surface area (Å²) in [6.45, 7) is 5.19. The first-order chi connectivity index (χ1) is 7.07. The van der Waals surface area contributed by atoms with Gasteiger partial charge in [0, 0.05) is 17.4 Å². The van der Waals surface area contributed by atoms with Crippen LogP contribution < -0.4 is 16.6 Å². The molecule has 0 spiro atoms. The molecule has 4 N–H and O–H groups in total. The molecule has 15 heavy (non-hydrogen) atoms. The van der Waals surface area contributed by atoms with E-state index in [0.29, 0.717) is 5.82 Å². The Morgan fingerprint density at radius 3 is 2.67 bits per heavy atom. The van der Waals surface area contributed by atoms with E-state index < -0.39 is 0 Å². The molecule has 84 valence electrons. The maximum absolute atomic E-state index is 5.25. The van der Waals surface area contributed by atoms with E-state index >= 15 is 0 Å². The second kappa shape index (κ2) is 5.18. The normalized spacial score (nSPS) is 11.2. The van der Waals surface area contributed by atoms with Crippen LogP contribution in [0.15, 0.2) is 12.4 Å². The van der Waals surface area contributed by atoms with Crippen LogP contribution in [0.4, 0.5) is 11.6 Å². The topological polar surface area (TPSA) is 75.9 Å². The van der Waals surface area contributed by atoms with Crippen molar-refractivity contribution in [1.82, 2.24) is 9.97 Å². The maximum Gasteiger partial charge on any atom is 0.145 e. The van der Waals surface area contributed by atoms with Crippen molar-refractivity contribution in [2.75, 3.05) is 23.5 Å². The van der Waals surface area contributed by atoms with E-state index in [9.17, 15) is 0 Å². The van der Waals surface area contributed by atoms with Gasteiger partial charge in [0.1, 0.15) is 18.0 Å². The van der Waals surface area contributed by atoms with Gasteiger partial charge in [0.2, 0.25) is 0 Å². The summed E-state index contributed by atoms with van der Waals surface area (Å²) in [6.07, 6.45) is 3.57. The predicted octanol–water partition coefficient (Wildman–Crippen LogP) is 1.32. The minimum absolute atomic E-state index is 0.182. The molecule has 0 bridgehead atoms. The van der Waals surface area contributed by atoms with Crippen LogP contribution in [-0.2, 0) is 0 Å². The lowest BCUT2D eigenvalue weighted by molar-refractivity contribution is 0.750. The molecule has 0 aliphatic rings. The summed E-state index contributed by atoms with van der Waals surface area (Å²) in [5.74, 6) is 6.64. The molecule has 0 aliphatic heterocycles. The van der Waals surface area contributed by atoms with Gasteiger partial charge in [-0.05, 0) is 20.1 Å². The molecule has 1 aromatic rings. The Labute approximate surface area is 94.2 Å². The van der Waals surface area contributed by atoms with Gasteiger partial charge in [-0.15, -0.1) is 0 Å². The van der Waals surface area contributed by atoms with Crippen molar-refractivity contribution in [2.24, 2.45) is 5.84 Å². The van der Waals surface area contributed by atoms with Crippen LogP contribution >= 0.6 is 11.8 Å². The van der Waals surface area contributed by atoms with Gasteiger partial charge >= 0.3 is 0 Å². The van der Waals surface area contributed by atoms with Crippen LogP contribution in [-0.4, -0.2) is 27.5 Å². The van der Waals surface area contributed by atoms with Crippen LogP contribution in [0.5, 0.6) is 0 Å². The van der Waals surface area contributed by atoms with Crippen LogP contribution in [0.3, 0.4) is 0 Å². The molecule has 0 saturated carbocycles. The molecular formula is C9H17N5S. The summed E-state index contributed by atoms with van der Waals surface area (Å²) in [4.78, 5) is 8.03. The molecule has 5 nitrogen and oxygen atoms in total. The third-order valence-electron chi connectivity index (χ3n) is 2.06. The smallest absolute Gasteiger partial charge is 0.145 e. The van der Waals surface area contributed by atoms with Crippen molar-refractivity contribution in [3.05, 3.63) is 12.4 Å². The average Bonchev–Trinajstić information content (AvgIpc) is 2.27. The largest absolute Gasteiger partial charge is 0.369 e. The van der Waals surface area contributed by atoms with Crippen molar-refractivity contribution in [3.63, 3.8) is 0 Å². The third-order valence-corrected chi connectivity index (χ3v) is 3.31. The van der Waals surface area contributed by atoms with Gasteiger partial charge in [0.05, 0.1) is 0 Å². The first-order valence-electron chi connectivity index (χ1n) is 4.65.